The number of benzene rings is 1. The highest BCUT2D eigenvalue weighted by molar-refractivity contribution is 7.90. The Kier molecular flexibility index (Phi) is 4.66. The fourth-order valence-electron chi connectivity index (χ4n) is 3.23. The summed E-state index contributed by atoms with van der Waals surface area (Å²) in [6, 6.07) is 0.789. The number of carboxylic acid groups (broad SMARTS) is 1. The molecule has 1 aliphatic carbocycles. The van der Waals surface area contributed by atoms with Crippen LogP contribution in [0.1, 0.15) is 37.7 Å². The Hall–Kier alpha value is -1.70. The van der Waals surface area contributed by atoms with Crippen LogP contribution in [0.5, 0.6) is 5.75 Å². The topological polar surface area (TPSA) is 80.7 Å². The maximum Gasteiger partial charge on any atom is 0.314 e. The SMILES string of the molecule is COc1c(C2(C(=O)O)CCCCC2)cc(F)c(S(C)(=O)=O)c1F. The van der Waals surface area contributed by atoms with Crippen molar-refractivity contribution < 1.29 is 31.8 Å². The molecular formula is C15H18F2O5S. The number of methoxy groups -OCH3 is 1. The summed E-state index contributed by atoms with van der Waals surface area (Å²) < 4.78 is 56.9. The number of hydrogen-bond donors (Lipinski definition) is 1. The van der Waals surface area contributed by atoms with Crippen molar-refractivity contribution in [2.45, 2.75) is 42.4 Å². The number of aliphatic carboxylic acids is 1. The van der Waals surface area contributed by atoms with Crippen molar-refractivity contribution in [3.8, 4) is 5.75 Å². The maximum absolute atomic E-state index is 14.5. The Morgan fingerprint density at radius 1 is 1.26 bits per heavy atom. The zero-order valence-corrected chi connectivity index (χ0v) is 13.7. The van der Waals surface area contributed by atoms with Crippen LogP contribution in [0.15, 0.2) is 11.0 Å². The fourth-order valence-corrected chi connectivity index (χ4v) is 4.06. The van der Waals surface area contributed by atoms with E-state index in [9.17, 15) is 27.1 Å². The molecule has 1 aromatic carbocycles. The van der Waals surface area contributed by atoms with Gasteiger partial charge in [0, 0.05) is 11.8 Å². The van der Waals surface area contributed by atoms with Crippen LogP contribution in [-0.2, 0) is 20.0 Å². The minimum Gasteiger partial charge on any atom is -0.493 e. The molecule has 2 rings (SSSR count). The highest BCUT2D eigenvalue weighted by atomic mass is 32.2. The summed E-state index contributed by atoms with van der Waals surface area (Å²) in [5.41, 5.74) is -1.61. The Bertz CT molecular complexity index is 737. The zero-order chi connectivity index (χ0) is 17.4. The molecule has 0 radical (unpaired) electrons. The molecule has 0 unspecified atom stereocenters. The van der Waals surface area contributed by atoms with Crippen molar-refractivity contribution >= 4 is 15.8 Å². The van der Waals surface area contributed by atoms with Gasteiger partial charge in [-0.05, 0) is 18.9 Å². The molecule has 0 saturated heterocycles. The number of rotatable bonds is 4. The number of carbonyl (C=O) groups is 1. The van der Waals surface area contributed by atoms with Gasteiger partial charge in [-0.15, -0.1) is 0 Å². The summed E-state index contributed by atoms with van der Waals surface area (Å²) in [5, 5.41) is 9.65. The summed E-state index contributed by atoms with van der Waals surface area (Å²) in [6.07, 6.45) is 3.16. The van der Waals surface area contributed by atoms with Crippen LogP contribution in [0.2, 0.25) is 0 Å². The Morgan fingerprint density at radius 2 is 1.83 bits per heavy atom. The van der Waals surface area contributed by atoms with Crippen molar-refractivity contribution in [2.24, 2.45) is 0 Å². The van der Waals surface area contributed by atoms with E-state index in [0.29, 0.717) is 19.1 Å². The second kappa shape index (κ2) is 6.07. The minimum absolute atomic E-state index is 0.144. The average molecular weight is 348 g/mol. The fraction of sp³-hybridized carbons (Fsp3) is 0.533. The molecule has 0 heterocycles. The van der Waals surface area contributed by atoms with Crippen LogP contribution < -0.4 is 4.74 Å². The van der Waals surface area contributed by atoms with Gasteiger partial charge in [-0.25, -0.2) is 17.2 Å². The van der Waals surface area contributed by atoms with Gasteiger partial charge in [0.2, 0.25) is 0 Å². The molecule has 1 aromatic rings. The quantitative estimate of drug-likeness (QED) is 0.905. The van der Waals surface area contributed by atoms with E-state index in [1.165, 1.54) is 0 Å². The van der Waals surface area contributed by atoms with Crippen molar-refractivity contribution in [2.75, 3.05) is 13.4 Å². The van der Waals surface area contributed by atoms with Gasteiger partial charge in [-0.2, -0.15) is 0 Å². The molecule has 0 aliphatic heterocycles. The predicted molar refractivity (Wildman–Crippen MR) is 78.4 cm³/mol. The van der Waals surface area contributed by atoms with E-state index in [4.69, 9.17) is 4.74 Å². The van der Waals surface area contributed by atoms with Crippen LogP contribution in [0, 0.1) is 11.6 Å². The first-order valence-corrected chi connectivity index (χ1v) is 9.04. The number of hydrogen-bond acceptors (Lipinski definition) is 4. The van der Waals surface area contributed by atoms with Gasteiger partial charge < -0.3 is 9.84 Å². The van der Waals surface area contributed by atoms with Crippen LogP contribution in [0.25, 0.3) is 0 Å². The first-order chi connectivity index (χ1) is 10.6. The van der Waals surface area contributed by atoms with E-state index < -0.39 is 43.5 Å². The number of ether oxygens (including phenoxy) is 1. The molecule has 1 aliphatic rings. The molecule has 1 N–H and O–H groups in total. The lowest BCUT2D eigenvalue weighted by Gasteiger charge is -2.34. The van der Waals surface area contributed by atoms with Crippen molar-refractivity contribution in [3.63, 3.8) is 0 Å². The maximum atomic E-state index is 14.5. The number of sulfone groups is 1. The summed E-state index contributed by atoms with van der Waals surface area (Å²) >= 11 is 0. The summed E-state index contributed by atoms with van der Waals surface area (Å²) in [7, 11) is -3.06. The summed E-state index contributed by atoms with van der Waals surface area (Å²) in [6.45, 7) is 0. The van der Waals surface area contributed by atoms with E-state index in [2.05, 4.69) is 0 Å². The molecule has 0 spiro atoms. The third-order valence-corrected chi connectivity index (χ3v) is 5.45. The Labute approximate surface area is 133 Å². The zero-order valence-electron chi connectivity index (χ0n) is 12.9. The summed E-state index contributed by atoms with van der Waals surface area (Å²) in [4.78, 5) is 10.7. The van der Waals surface area contributed by atoms with E-state index in [-0.39, 0.29) is 18.4 Å². The van der Waals surface area contributed by atoms with Crippen LogP contribution in [0.4, 0.5) is 8.78 Å². The monoisotopic (exact) mass is 348 g/mol. The largest absolute Gasteiger partial charge is 0.493 e. The molecule has 8 heteroatoms. The van der Waals surface area contributed by atoms with Crippen molar-refractivity contribution in [3.05, 3.63) is 23.3 Å². The molecule has 23 heavy (non-hydrogen) atoms. The van der Waals surface area contributed by atoms with Crippen LogP contribution in [-0.4, -0.2) is 32.9 Å². The summed E-state index contributed by atoms with van der Waals surface area (Å²) in [5.74, 6) is -4.39. The smallest absolute Gasteiger partial charge is 0.314 e. The second-order valence-electron chi connectivity index (χ2n) is 5.80. The molecule has 128 valence electrons. The number of carboxylic acids is 1. The first kappa shape index (κ1) is 17.7. The second-order valence-corrected chi connectivity index (χ2v) is 7.75. The molecule has 0 bridgehead atoms. The molecule has 1 fully saturated rings. The van der Waals surface area contributed by atoms with E-state index in [1.807, 2.05) is 0 Å². The lowest BCUT2D eigenvalue weighted by atomic mass is 9.69. The van der Waals surface area contributed by atoms with Crippen molar-refractivity contribution in [1.29, 1.82) is 0 Å². The van der Waals surface area contributed by atoms with E-state index in [1.54, 1.807) is 0 Å². The van der Waals surface area contributed by atoms with Gasteiger partial charge in [0.1, 0.15) is 10.7 Å². The van der Waals surface area contributed by atoms with Gasteiger partial charge in [0.25, 0.3) is 0 Å². The highest BCUT2D eigenvalue weighted by Gasteiger charge is 2.45. The molecule has 0 amide bonds. The third-order valence-electron chi connectivity index (χ3n) is 4.34. The lowest BCUT2D eigenvalue weighted by Crippen LogP contribution is -2.38. The van der Waals surface area contributed by atoms with Gasteiger partial charge in [-0.1, -0.05) is 19.3 Å². The molecule has 5 nitrogen and oxygen atoms in total. The van der Waals surface area contributed by atoms with Gasteiger partial charge in [0.15, 0.2) is 21.4 Å². The highest BCUT2D eigenvalue weighted by Crippen LogP contribution is 2.46. The minimum atomic E-state index is -4.16. The Balaban J connectivity index is 2.80. The third kappa shape index (κ3) is 2.91. The van der Waals surface area contributed by atoms with Gasteiger partial charge in [0.05, 0.1) is 12.5 Å². The van der Waals surface area contributed by atoms with E-state index in [0.717, 1.165) is 19.6 Å². The van der Waals surface area contributed by atoms with Gasteiger partial charge >= 0.3 is 5.97 Å². The van der Waals surface area contributed by atoms with E-state index >= 15 is 0 Å². The van der Waals surface area contributed by atoms with Crippen molar-refractivity contribution in [1.82, 2.24) is 0 Å². The molecular weight excluding hydrogens is 330 g/mol. The molecule has 0 atom stereocenters. The molecule has 0 aromatic heterocycles. The average Bonchev–Trinajstić information content (AvgIpc) is 2.45. The van der Waals surface area contributed by atoms with Crippen LogP contribution >= 0.6 is 0 Å². The normalized spacial score (nSPS) is 17.7. The predicted octanol–water partition coefficient (Wildman–Crippen LogP) is 2.66. The van der Waals surface area contributed by atoms with Gasteiger partial charge in [-0.3, -0.25) is 4.79 Å². The van der Waals surface area contributed by atoms with Crippen LogP contribution in [0.3, 0.4) is 0 Å². The lowest BCUT2D eigenvalue weighted by molar-refractivity contribution is -0.145. The first-order valence-electron chi connectivity index (χ1n) is 7.15. The standard InChI is InChI=1S/C15H18F2O5S/c1-22-12-9(15(14(18)19)6-4-3-5-7-15)8-10(16)13(11(12)17)23(2,20)21/h8H,3-7H2,1-2H3,(H,18,19). The number of halogens is 2. The Morgan fingerprint density at radius 3 is 2.26 bits per heavy atom. The molecule has 1 saturated carbocycles.